The molecule has 5 fully saturated rings. The van der Waals surface area contributed by atoms with E-state index < -0.39 is 54.8 Å². The van der Waals surface area contributed by atoms with Crippen molar-refractivity contribution < 1.29 is 48.8 Å². The summed E-state index contributed by atoms with van der Waals surface area (Å²) in [6, 6.07) is 0. The fraction of sp³-hybridized carbons (Fsp3) is 0.943. The lowest BCUT2D eigenvalue weighted by molar-refractivity contribution is -0.342. The highest BCUT2D eigenvalue weighted by Gasteiger charge is 2.66. The van der Waals surface area contributed by atoms with E-state index in [1.165, 1.54) is 12.7 Å². The molecule has 0 aromatic heterocycles. The second-order valence-electron chi connectivity index (χ2n) is 15.6. The van der Waals surface area contributed by atoms with Crippen molar-refractivity contribution in [1.29, 1.82) is 0 Å². The molecule has 3 saturated carbocycles. The summed E-state index contributed by atoms with van der Waals surface area (Å²) >= 11 is 0. The van der Waals surface area contributed by atoms with Crippen molar-refractivity contribution in [2.45, 2.75) is 166 Å². The molecule has 6 rings (SSSR count). The Bertz CT molecular complexity index is 1080. The predicted molar refractivity (Wildman–Crippen MR) is 165 cm³/mol. The van der Waals surface area contributed by atoms with Crippen molar-refractivity contribution in [2.24, 2.45) is 28.6 Å². The van der Waals surface area contributed by atoms with Gasteiger partial charge < -0.3 is 48.8 Å². The van der Waals surface area contributed by atoms with Crippen LogP contribution in [0.15, 0.2) is 11.6 Å². The van der Waals surface area contributed by atoms with Crippen LogP contribution in [-0.4, -0.2) is 108 Å². The molecule has 0 amide bonds. The number of hydrogen-bond donors (Lipinski definition) is 4. The molecule has 10 heteroatoms. The first-order valence-corrected chi connectivity index (χ1v) is 17.4. The van der Waals surface area contributed by atoms with E-state index in [4.69, 9.17) is 28.4 Å². The molecule has 17 atom stereocenters. The van der Waals surface area contributed by atoms with Gasteiger partial charge in [-0.3, -0.25) is 0 Å². The van der Waals surface area contributed by atoms with Crippen LogP contribution in [0, 0.1) is 28.6 Å². The summed E-state index contributed by atoms with van der Waals surface area (Å²) in [6.45, 7) is 10.2. The standard InChI is InChI=1S/C35H58O10/c1-18(36)23-12-15-35(39)25-9-8-21-16-22(10-13-33(21,4)24(25)11-14-34(23,35)5)44-27-17-26(40-6)30(20(3)42-27)45-32-29(38)31(41-7)28(37)19(2)43-32/h8,18-20,22-32,36-39H,9-17H2,1-7H3/t18-,19+,20+,22-,23+,24+,25-,26+,27-,28-,29+,30+,31-,32-,33-,34+,35-/m0/s1. The monoisotopic (exact) mass is 638 g/mol. The number of fused-ring (bicyclic) bond motifs is 5. The van der Waals surface area contributed by atoms with Gasteiger partial charge in [-0.2, -0.15) is 0 Å². The molecule has 4 N–H and O–H groups in total. The molecular weight excluding hydrogens is 580 g/mol. The van der Waals surface area contributed by atoms with E-state index in [2.05, 4.69) is 19.9 Å². The zero-order chi connectivity index (χ0) is 32.5. The van der Waals surface area contributed by atoms with E-state index in [1.54, 1.807) is 14.0 Å². The number of ether oxygens (including phenoxy) is 6. The molecule has 45 heavy (non-hydrogen) atoms. The molecule has 0 bridgehead atoms. The van der Waals surface area contributed by atoms with Crippen molar-refractivity contribution in [3.05, 3.63) is 11.6 Å². The highest BCUT2D eigenvalue weighted by Crippen LogP contribution is 2.68. The first kappa shape index (κ1) is 34.2. The maximum Gasteiger partial charge on any atom is 0.187 e. The first-order chi connectivity index (χ1) is 21.3. The predicted octanol–water partition coefficient (Wildman–Crippen LogP) is 3.46. The summed E-state index contributed by atoms with van der Waals surface area (Å²) in [4.78, 5) is 0. The zero-order valence-electron chi connectivity index (χ0n) is 28.3. The molecule has 0 aromatic rings. The highest BCUT2D eigenvalue weighted by molar-refractivity contribution is 5.28. The van der Waals surface area contributed by atoms with Crippen LogP contribution >= 0.6 is 0 Å². The van der Waals surface area contributed by atoms with E-state index >= 15 is 0 Å². The number of aliphatic hydroxyl groups is 4. The Morgan fingerprint density at radius 2 is 1.64 bits per heavy atom. The third kappa shape index (κ3) is 5.57. The van der Waals surface area contributed by atoms with E-state index in [1.807, 2.05) is 13.8 Å². The summed E-state index contributed by atoms with van der Waals surface area (Å²) in [6.07, 6.45) is 3.77. The second-order valence-corrected chi connectivity index (χ2v) is 15.6. The molecule has 0 unspecified atom stereocenters. The van der Waals surface area contributed by atoms with E-state index in [0.717, 1.165) is 51.4 Å². The quantitative estimate of drug-likeness (QED) is 0.307. The SMILES string of the molecule is CO[C@H]1[C@@H](O)[C@@H](C)O[C@@H](O[C@@H]2[C@@H](C)O[C@@H](O[C@H]3CC[C@@]4(C)C(=CC[C@H]5[C@H]4CC[C@]4(C)[C@@H]([C@H](C)O)CC[C@]54O)C3)C[C@H]2OC)[C@@H]1O. The largest absolute Gasteiger partial charge is 0.393 e. The summed E-state index contributed by atoms with van der Waals surface area (Å²) in [7, 11) is 3.09. The van der Waals surface area contributed by atoms with Gasteiger partial charge in [-0.15, -0.1) is 0 Å². The minimum absolute atomic E-state index is 0.0318. The highest BCUT2D eigenvalue weighted by atomic mass is 16.7. The Kier molecular flexibility index (Phi) is 9.62. The van der Waals surface area contributed by atoms with Crippen LogP contribution in [-0.2, 0) is 28.4 Å². The summed E-state index contributed by atoms with van der Waals surface area (Å²) < 4.78 is 36.2. The van der Waals surface area contributed by atoms with Crippen LogP contribution in [0.1, 0.15) is 92.4 Å². The van der Waals surface area contributed by atoms with Crippen LogP contribution in [0.3, 0.4) is 0 Å². The fourth-order valence-corrected chi connectivity index (χ4v) is 10.8. The van der Waals surface area contributed by atoms with Gasteiger partial charge in [-0.05, 0) is 95.3 Å². The van der Waals surface area contributed by atoms with E-state index in [9.17, 15) is 20.4 Å². The molecule has 2 heterocycles. The molecule has 4 aliphatic carbocycles. The lowest BCUT2D eigenvalue weighted by Crippen LogP contribution is -2.61. The van der Waals surface area contributed by atoms with Gasteiger partial charge in [0.25, 0.3) is 0 Å². The summed E-state index contributed by atoms with van der Waals surface area (Å²) in [5.74, 6) is 0.818. The fourth-order valence-electron chi connectivity index (χ4n) is 10.8. The van der Waals surface area contributed by atoms with Crippen molar-refractivity contribution in [3.8, 4) is 0 Å². The average Bonchev–Trinajstić information content (AvgIpc) is 3.28. The Morgan fingerprint density at radius 3 is 2.33 bits per heavy atom. The molecule has 0 radical (unpaired) electrons. The molecule has 258 valence electrons. The van der Waals surface area contributed by atoms with Gasteiger partial charge >= 0.3 is 0 Å². The lowest BCUT2D eigenvalue weighted by Gasteiger charge is -2.61. The van der Waals surface area contributed by atoms with Crippen LogP contribution in [0.2, 0.25) is 0 Å². The molecular formula is C35H58O10. The Labute approximate surface area is 268 Å². The van der Waals surface area contributed by atoms with Crippen LogP contribution in [0.25, 0.3) is 0 Å². The average molecular weight is 639 g/mol. The van der Waals surface area contributed by atoms with Crippen molar-refractivity contribution >= 4 is 0 Å². The van der Waals surface area contributed by atoms with Crippen LogP contribution < -0.4 is 0 Å². The number of methoxy groups -OCH3 is 2. The van der Waals surface area contributed by atoms with Gasteiger partial charge in [0.2, 0.25) is 0 Å². The molecule has 6 aliphatic rings. The van der Waals surface area contributed by atoms with Crippen LogP contribution in [0.5, 0.6) is 0 Å². The second kappa shape index (κ2) is 12.7. The van der Waals surface area contributed by atoms with Crippen LogP contribution in [0.4, 0.5) is 0 Å². The molecule has 2 aliphatic heterocycles. The normalized spacial score (nSPS) is 54.0. The van der Waals surface area contributed by atoms with Crippen molar-refractivity contribution in [2.75, 3.05) is 14.2 Å². The van der Waals surface area contributed by atoms with Gasteiger partial charge in [0.05, 0.1) is 36.1 Å². The van der Waals surface area contributed by atoms with E-state index in [-0.39, 0.29) is 41.0 Å². The molecule has 2 saturated heterocycles. The zero-order valence-corrected chi connectivity index (χ0v) is 28.3. The maximum atomic E-state index is 12.3. The first-order valence-electron chi connectivity index (χ1n) is 17.4. The molecule has 0 spiro atoms. The third-order valence-electron chi connectivity index (χ3n) is 13.5. The van der Waals surface area contributed by atoms with E-state index in [0.29, 0.717) is 12.3 Å². The minimum atomic E-state index is -1.16. The maximum absolute atomic E-state index is 12.3. The summed E-state index contributed by atoms with van der Waals surface area (Å²) in [5, 5.41) is 44.0. The smallest absolute Gasteiger partial charge is 0.187 e. The Hall–Kier alpha value is -0.660. The Balaban J connectivity index is 1.09. The Morgan fingerprint density at radius 1 is 0.889 bits per heavy atom. The summed E-state index contributed by atoms with van der Waals surface area (Å²) in [5.41, 5.74) is 0.545. The molecule has 10 nitrogen and oxygen atoms in total. The lowest BCUT2D eigenvalue weighted by atomic mass is 9.45. The van der Waals surface area contributed by atoms with Gasteiger partial charge in [0.1, 0.15) is 24.4 Å². The third-order valence-corrected chi connectivity index (χ3v) is 13.5. The molecule has 0 aromatic carbocycles. The van der Waals surface area contributed by atoms with Crippen molar-refractivity contribution in [3.63, 3.8) is 0 Å². The number of rotatable bonds is 7. The van der Waals surface area contributed by atoms with Gasteiger partial charge in [-0.25, -0.2) is 0 Å². The number of allylic oxidation sites excluding steroid dienone is 1. The topological polar surface area (TPSA) is 136 Å². The van der Waals surface area contributed by atoms with Gasteiger partial charge in [-0.1, -0.05) is 25.5 Å². The van der Waals surface area contributed by atoms with Gasteiger partial charge in [0, 0.05) is 26.1 Å². The van der Waals surface area contributed by atoms with Gasteiger partial charge in [0.15, 0.2) is 12.6 Å². The number of hydrogen-bond acceptors (Lipinski definition) is 10. The minimum Gasteiger partial charge on any atom is -0.393 e. The number of aliphatic hydroxyl groups excluding tert-OH is 3. The van der Waals surface area contributed by atoms with Crippen molar-refractivity contribution in [1.82, 2.24) is 0 Å².